The third-order valence-electron chi connectivity index (χ3n) is 2.11. The molecule has 0 atom stereocenters. The lowest BCUT2D eigenvalue weighted by Gasteiger charge is -1.96. The highest BCUT2D eigenvalue weighted by atomic mass is 32.1. The molecule has 2 rings (SSSR count). The van der Waals surface area contributed by atoms with Crippen LogP contribution in [0.1, 0.15) is 12.0 Å². The smallest absolute Gasteiger partial charge is 0.102 e. The summed E-state index contributed by atoms with van der Waals surface area (Å²) in [6.07, 6.45) is 3.20. The fourth-order valence-corrected chi connectivity index (χ4v) is 1.69. The molecule has 1 saturated heterocycles. The van der Waals surface area contributed by atoms with E-state index in [4.69, 9.17) is 12.2 Å². The first kappa shape index (κ1) is 8.45. The van der Waals surface area contributed by atoms with Gasteiger partial charge in [-0.25, -0.2) is 0 Å². The molecule has 0 amide bonds. The van der Waals surface area contributed by atoms with Crippen molar-refractivity contribution in [3.63, 3.8) is 0 Å². The molecule has 0 aliphatic carbocycles. The maximum absolute atomic E-state index is 5.16. The van der Waals surface area contributed by atoms with Crippen LogP contribution in [0.4, 0.5) is 0 Å². The molecule has 1 N–H and O–H groups in total. The van der Waals surface area contributed by atoms with Crippen molar-refractivity contribution < 1.29 is 0 Å². The molecule has 1 aromatic rings. The van der Waals surface area contributed by atoms with Gasteiger partial charge in [0, 0.05) is 6.54 Å². The second kappa shape index (κ2) is 3.71. The molecule has 2 heteroatoms. The Kier molecular flexibility index (Phi) is 2.41. The summed E-state index contributed by atoms with van der Waals surface area (Å²) >= 11 is 5.16. The first-order chi connectivity index (χ1) is 6.36. The van der Waals surface area contributed by atoms with Gasteiger partial charge in [-0.1, -0.05) is 42.5 Å². The molecule has 0 saturated carbocycles. The van der Waals surface area contributed by atoms with Crippen LogP contribution in [0.5, 0.6) is 0 Å². The molecule has 0 bridgehead atoms. The number of rotatable bonds is 1. The van der Waals surface area contributed by atoms with Gasteiger partial charge in [0.2, 0.25) is 0 Å². The Hall–Kier alpha value is -1.15. The first-order valence-electron chi connectivity index (χ1n) is 4.40. The quantitative estimate of drug-likeness (QED) is 0.538. The molecule has 1 aliphatic heterocycles. The molecule has 1 aromatic carbocycles. The normalized spacial score (nSPS) is 19.1. The van der Waals surface area contributed by atoms with E-state index >= 15 is 0 Å². The predicted molar refractivity (Wildman–Crippen MR) is 59.6 cm³/mol. The van der Waals surface area contributed by atoms with E-state index in [1.807, 2.05) is 18.2 Å². The maximum Gasteiger partial charge on any atom is 0.102 e. The summed E-state index contributed by atoms with van der Waals surface area (Å²) in [4.78, 5) is 0.906. The van der Waals surface area contributed by atoms with Gasteiger partial charge in [0.15, 0.2) is 0 Å². The average molecular weight is 189 g/mol. The third-order valence-corrected chi connectivity index (χ3v) is 2.52. The molecular formula is C11H11NS. The van der Waals surface area contributed by atoms with Crippen LogP contribution in [0.25, 0.3) is 6.08 Å². The van der Waals surface area contributed by atoms with Gasteiger partial charge in [0.05, 0.1) is 0 Å². The van der Waals surface area contributed by atoms with Crippen molar-refractivity contribution in [3.05, 3.63) is 41.5 Å². The molecule has 1 nitrogen and oxygen atoms in total. The largest absolute Gasteiger partial charge is 0.376 e. The van der Waals surface area contributed by atoms with Crippen LogP contribution < -0.4 is 5.32 Å². The zero-order chi connectivity index (χ0) is 9.10. The van der Waals surface area contributed by atoms with Crippen molar-refractivity contribution in [3.8, 4) is 0 Å². The van der Waals surface area contributed by atoms with Crippen LogP contribution in [0.3, 0.4) is 0 Å². The number of hydrogen-bond acceptors (Lipinski definition) is 1. The van der Waals surface area contributed by atoms with E-state index in [1.54, 1.807) is 0 Å². The van der Waals surface area contributed by atoms with Gasteiger partial charge < -0.3 is 5.32 Å². The summed E-state index contributed by atoms with van der Waals surface area (Å²) in [5, 5.41) is 3.15. The standard InChI is InChI=1S/C11H11NS/c13-11-10(6-7-12-11)8-9-4-2-1-3-5-9/h1-5,8H,6-7H2,(H,12,13)/b10-8-. The zero-order valence-electron chi connectivity index (χ0n) is 7.29. The Morgan fingerprint density at radius 3 is 2.62 bits per heavy atom. The second-order valence-electron chi connectivity index (χ2n) is 3.09. The van der Waals surface area contributed by atoms with Crippen molar-refractivity contribution in [2.45, 2.75) is 6.42 Å². The molecule has 0 spiro atoms. The monoisotopic (exact) mass is 189 g/mol. The molecule has 0 unspecified atom stereocenters. The van der Waals surface area contributed by atoms with Gasteiger partial charge in [0.25, 0.3) is 0 Å². The molecule has 1 heterocycles. The van der Waals surface area contributed by atoms with Crippen LogP contribution in [0, 0.1) is 0 Å². The molecule has 1 aliphatic rings. The lowest BCUT2D eigenvalue weighted by Crippen LogP contribution is -2.11. The Morgan fingerprint density at radius 2 is 2.00 bits per heavy atom. The molecule has 13 heavy (non-hydrogen) atoms. The van der Waals surface area contributed by atoms with Gasteiger partial charge in [-0.05, 0) is 23.6 Å². The molecule has 1 fully saturated rings. The lowest BCUT2D eigenvalue weighted by atomic mass is 10.1. The topological polar surface area (TPSA) is 12.0 Å². The third kappa shape index (κ3) is 1.95. The summed E-state index contributed by atoms with van der Waals surface area (Å²) in [5.41, 5.74) is 2.48. The SMILES string of the molecule is S=C1NCC/C1=C/c1ccccc1. The van der Waals surface area contributed by atoms with Crippen LogP contribution in [-0.4, -0.2) is 11.5 Å². The summed E-state index contributed by atoms with van der Waals surface area (Å²) < 4.78 is 0. The molecule has 66 valence electrons. The molecular weight excluding hydrogens is 178 g/mol. The Morgan fingerprint density at radius 1 is 1.23 bits per heavy atom. The molecule has 0 radical (unpaired) electrons. The zero-order valence-corrected chi connectivity index (χ0v) is 8.10. The van der Waals surface area contributed by atoms with Gasteiger partial charge in [0.1, 0.15) is 4.99 Å². The first-order valence-corrected chi connectivity index (χ1v) is 4.81. The Bertz CT molecular complexity index is 340. The fraction of sp³-hybridized carbons (Fsp3) is 0.182. The van der Waals surface area contributed by atoms with Crippen molar-refractivity contribution >= 4 is 23.3 Å². The number of nitrogens with one attached hydrogen (secondary N) is 1. The average Bonchev–Trinajstić information content (AvgIpc) is 2.54. The van der Waals surface area contributed by atoms with E-state index < -0.39 is 0 Å². The Labute approximate surface area is 83.5 Å². The minimum absolute atomic E-state index is 0.906. The predicted octanol–water partition coefficient (Wildman–Crippen LogP) is 2.39. The highest BCUT2D eigenvalue weighted by Crippen LogP contribution is 2.14. The van der Waals surface area contributed by atoms with E-state index in [9.17, 15) is 0 Å². The summed E-state index contributed by atoms with van der Waals surface area (Å²) in [5.74, 6) is 0. The van der Waals surface area contributed by atoms with Gasteiger partial charge >= 0.3 is 0 Å². The van der Waals surface area contributed by atoms with E-state index in [-0.39, 0.29) is 0 Å². The number of hydrogen-bond donors (Lipinski definition) is 1. The van der Waals surface area contributed by atoms with Gasteiger partial charge in [-0.15, -0.1) is 0 Å². The van der Waals surface area contributed by atoms with Crippen molar-refractivity contribution in [1.29, 1.82) is 0 Å². The van der Waals surface area contributed by atoms with E-state index in [0.717, 1.165) is 18.0 Å². The fourth-order valence-electron chi connectivity index (χ4n) is 1.43. The number of benzene rings is 1. The van der Waals surface area contributed by atoms with Crippen LogP contribution in [-0.2, 0) is 0 Å². The Balaban J connectivity index is 2.25. The van der Waals surface area contributed by atoms with E-state index in [0.29, 0.717) is 0 Å². The van der Waals surface area contributed by atoms with Crippen LogP contribution >= 0.6 is 12.2 Å². The van der Waals surface area contributed by atoms with Gasteiger partial charge in [-0.3, -0.25) is 0 Å². The van der Waals surface area contributed by atoms with Gasteiger partial charge in [-0.2, -0.15) is 0 Å². The van der Waals surface area contributed by atoms with Crippen molar-refractivity contribution in [1.82, 2.24) is 5.32 Å². The van der Waals surface area contributed by atoms with Crippen LogP contribution in [0.15, 0.2) is 35.9 Å². The maximum atomic E-state index is 5.16. The van der Waals surface area contributed by atoms with Crippen LogP contribution in [0.2, 0.25) is 0 Å². The van der Waals surface area contributed by atoms with Crippen molar-refractivity contribution in [2.24, 2.45) is 0 Å². The van der Waals surface area contributed by atoms with E-state index in [2.05, 4.69) is 23.5 Å². The second-order valence-corrected chi connectivity index (χ2v) is 3.49. The summed E-state index contributed by atoms with van der Waals surface area (Å²) in [6.45, 7) is 0.984. The minimum Gasteiger partial charge on any atom is -0.376 e. The lowest BCUT2D eigenvalue weighted by molar-refractivity contribution is 0.960. The summed E-state index contributed by atoms with van der Waals surface area (Å²) in [7, 11) is 0. The highest BCUT2D eigenvalue weighted by Gasteiger charge is 2.11. The number of thiocarbonyl (C=S) groups is 1. The highest BCUT2D eigenvalue weighted by molar-refractivity contribution is 7.80. The minimum atomic E-state index is 0.906. The van der Waals surface area contributed by atoms with Crippen molar-refractivity contribution in [2.75, 3.05) is 6.54 Å². The molecule has 0 aromatic heterocycles. The van der Waals surface area contributed by atoms with E-state index in [1.165, 1.54) is 11.1 Å². The summed E-state index contributed by atoms with van der Waals surface area (Å²) in [6, 6.07) is 10.3.